The normalized spacial score (nSPS) is 20.5. The van der Waals surface area contributed by atoms with E-state index < -0.39 is 17.3 Å². The molecule has 0 spiro atoms. The Hall–Kier alpha value is -4.87. The highest BCUT2D eigenvalue weighted by Crippen LogP contribution is 2.46. The fourth-order valence-electron chi connectivity index (χ4n) is 6.77. The largest absolute Gasteiger partial charge is 0.383 e. The number of nitrogens with one attached hydrogen (secondary N) is 2. The van der Waals surface area contributed by atoms with Gasteiger partial charge in [0.15, 0.2) is 11.5 Å². The Morgan fingerprint density at radius 2 is 1.84 bits per heavy atom. The number of pyridine rings is 2. The molecular formula is C32H32F2N8O2. The van der Waals surface area contributed by atoms with Crippen LogP contribution in [0.25, 0.3) is 28.0 Å². The van der Waals surface area contributed by atoms with Gasteiger partial charge in [0, 0.05) is 44.0 Å². The van der Waals surface area contributed by atoms with Crippen molar-refractivity contribution in [3.8, 4) is 16.9 Å². The van der Waals surface area contributed by atoms with E-state index in [-0.39, 0.29) is 52.5 Å². The molecule has 2 N–H and O–H groups in total. The lowest BCUT2D eigenvalue weighted by molar-refractivity contribution is -0.127. The number of piperazine rings is 1. The van der Waals surface area contributed by atoms with Gasteiger partial charge >= 0.3 is 5.69 Å². The average molecular weight is 599 g/mol. The zero-order chi connectivity index (χ0) is 30.9. The maximum Gasteiger partial charge on any atom is 0.355 e. The van der Waals surface area contributed by atoms with Crippen molar-refractivity contribution in [3.63, 3.8) is 0 Å². The Balaban J connectivity index is 1.54. The van der Waals surface area contributed by atoms with Crippen molar-refractivity contribution < 1.29 is 13.6 Å². The van der Waals surface area contributed by atoms with Crippen LogP contribution in [0.3, 0.4) is 0 Å². The number of hydrogen-bond acceptors (Lipinski definition) is 8. The van der Waals surface area contributed by atoms with Crippen molar-refractivity contribution in [3.05, 3.63) is 77.0 Å². The smallest absolute Gasteiger partial charge is 0.355 e. The first-order valence-corrected chi connectivity index (χ1v) is 14.8. The molecule has 0 unspecified atom stereocenters. The summed E-state index contributed by atoms with van der Waals surface area (Å²) < 4.78 is 33.0. The number of benzene rings is 1. The minimum atomic E-state index is -0.745. The van der Waals surface area contributed by atoms with E-state index in [4.69, 9.17) is 4.98 Å². The van der Waals surface area contributed by atoms with Gasteiger partial charge in [0.25, 0.3) is 0 Å². The topological polar surface area (TPSA) is 108 Å². The van der Waals surface area contributed by atoms with Gasteiger partial charge in [0.1, 0.15) is 17.3 Å². The molecule has 3 atom stereocenters. The number of carbonyl (C=O) groups excluding carboxylic acids is 1. The van der Waals surface area contributed by atoms with Gasteiger partial charge in [-0.3, -0.25) is 9.78 Å². The van der Waals surface area contributed by atoms with Gasteiger partial charge in [0.05, 0.1) is 40.1 Å². The molecule has 1 saturated heterocycles. The van der Waals surface area contributed by atoms with Crippen molar-refractivity contribution in [1.82, 2.24) is 24.4 Å². The van der Waals surface area contributed by atoms with Crippen molar-refractivity contribution in [2.75, 3.05) is 41.7 Å². The first-order chi connectivity index (χ1) is 21.2. The molecule has 3 aromatic heterocycles. The Morgan fingerprint density at radius 3 is 2.59 bits per heavy atom. The first kappa shape index (κ1) is 27.9. The van der Waals surface area contributed by atoms with E-state index in [9.17, 15) is 9.59 Å². The molecule has 1 saturated carbocycles. The number of aromatic nitrogens is 4. The predicted molar refractivity (Wildman–Crippen MR) is 165 cm³/mol. The van der Waals surface area contributed by atoms with Crippen molar-refractivity contribution in [2.24, 2.45) is 5.92 Å². The van der Waals surface area contributed by atoms with Crippen LogP contribution in [0.1, 0.15) is 32.4 Å². The number of halogens is 2. The van der Waals surface area contributed by atoms with E-state index in [0.717, 1.165) is 0 Å². The van der Waals surface area contributed by atoms with Gasteiger partial charge < -0.3 is 20.4 Å². The Bertz CT molecular complexity index is 1910. The summed E-state index contributed by atoms with van der Waals surface area (Å²) in [5.41, 5.74) is 1.41. The van der Waals surface area contributed by atoms with Gasteiger partial charge in [-0.05, 0) is 36.3 Å². The van der Waals surface area contributed by atoms with Crippen molar-refractivity contribution in [2.45, 2.75) is 38.8 Å². The summed E-state index contributed by atoms with van der Waals surface area (Å²) in [4.78, 5) is 44.4. The zero-order valence-corrected chi connectivity index (χ0v) is 24.6. The highest BCUT2D eigenvalue weighted by atomic mass is 19.1. The second-order valence-corrected chi connectivity index (χ2v) is 11.8. The number of amides is 1. The van der Waals surface area contributed by atoms with E-state index in [0.29, 0.717) is 54.3 Å². The fourth-order valence-corrected chi connectivity index (χ4v) is 6.77. The van der Waals surface area contributed by atoms with Gasteiger partial charge in [0.2, 0.25) is 5.91 Å². The number of hydrogen-bond donors (Lipinski definition) is 2. The zero-order valence-electron chi connectivity index (χ0n) is 24.6. The van der Waals surface area contributed by atoms with Crippen molar-refractivity contribution in [1.29, 1.82) is 0 Å². The Morgan fingerprint density at radius 1 is 1.07 bits per heavy atom. The SMILES string of the molecule is C=CC(=O)N1CCN(c2nc(=O)n3c4nc(c(F)cc24)-c2c(F)cccc2NCCNc2ccnc(C(C)C)c2-3)[C@H]2[C@@H](C)[C@H]21. The lowest BCUT2D eigenvalue weighted by atomic mass is 10.0. The molecule has 1 aliphatic carbocycles. The summed E-state index contributed by atoms with van der Waals surface area (Å²) in [5, 5.41) is 6.90. The molecule has 7 rings (SSSR count). The molecule has 3 aliphatic rings. The average Bonchev–Trinajstić information content (AvgIpc) is 3.68. The molecule has 10 nitrogen and oxygen atoms in total. The molecule has 44 heavy (non-hydrogen) atoms. The number of fused-ring (bicyclic) bond motifs is 6. The number of anilines is 3. The minimum Gasteiger partial charge on any atom is -0.383 e. The van der Waals surface area contributed by atoms with Crippen LogP contribution in [0.4, 0.5) is 26.0 Å². The van der Waals surface area contributed by atoms with Crippen LogP contribution in [0.5, 0.6) is 0 Å². The minimum absolute atomic E-state index is 0.0206. The molecule has 2 bridgehead atoms. The summed E-state index contributed by atoms with van der Waals surface area (Å²) in [5.74, 6) is -1.23. The Labute approximate surface area is 252 Å². The van der Waals surface area contributed by atoms with Crippen LogP contribution in [0.2, 0.25) is 0 Å². The van der Waals surface area contributed by atoms with Gasteiger partial charge in [-0.25, -0.2) is 23.1 Å². The molecule has 2 fully saturated rings. The number of carbonyl (C=O) groups is 1. The lowest BCUT2D eigenvalue weighted by Gasteiger charge is -2.35. The first-order valence-electron chi connectivity index (χ1n) is 14.8. The lowest BCUT2D eigenvalue weighted by Crippen LogP contribution is -2.49. The third kappa shape index (κ3) is 4.22. The number of rotatable bonds is 3. The quantitative estimate of drug-likeness (QED) is 0.336. The van der Waals surface area contributed by atoms with E-state index in [1.54, 1.807) is 29.3 Å². The van der Waals surface area contributed by atoms with E-state index in [1.807, 2.05) is 25.7 Å². The molecule has 12 heteroatoms. The maximum atomic E-state index is 16.2. The van der Waals surface area contributed by atoms with Crippen LogP contribution in [-0.4, -0.2) is 68.6 Å². The van der Waals surface area contributed by atoms with Crippen LogP contribution >= 0.6 is 0 Å². The third-order valence-corrected chi connectivity index (χ3v) is 8.85. The third-order valence-electron chi connectivity index (χ3n) is 8.85. The molecule has 226 valence electrons. The van der Waals surface area contributed by atoms with Gasteiger partial charge in [-0.15, -0.1) is 0 Å². The summed E-state index contributed by atoms with van der Waals surface area (Å²) in [6, 6.07) is 7.36. The molecule has 0 radical (unpaired) electrons. The van der Waals surface area contributed by atoms with E-state index in [2.05, 4.69) is 27.2 Å². The highest BCUT2D eigenvalue weighted by Gasteiger charge is 2.58. The summed E-state index contributed by atoms with van der Waals surface area (Å²) in [6.45, 7) is 11.2. The monoisotopic (exact) mass is 598 g/mol. The molecule has 2 aliphatic heterocycles. The summed E-state index contributed by atoms with van der Waals surface area (Å²) in [6.07, 6.45) is 2.98. The fraction of sp³-hybridized carbons (Fsp3) is 0.344. The van der Waals surface area contributed by atoms with E-state index >= 15 is 8.78 Å². The molecular weight excluding hydrogens is 566 g/mol. The van der Waals surface area contributed by atoms with Crippen LogP contribution in [0.15, 0.2) is 54.0 Å². The van der Waals surface area contributed by atoms with E-state index in [1.165, 1.54) is 22.8 Å². The van der Waals surface area contributed by atoms with Gasteiger partial charge in [-0.1, -0.05) is 33.4 Å². The summed E-state index contributed by atoms with van der Waals surface area (Å²) in [7, 11) is 0. The molecule has 1 amide bonds. The molecule has 5 heterocycles. The second kappa shape index (κ2) is 10.4. The number of nitrogens with zero attached hydrogens (tertiary/aromatic N) is 6. The van der Waals surface area contributed by atoms with Crippen LogP contribution in [0, 0.1) is 17.6 Å². The van der Waals surface area contributed by atoms with Crippen LogP contribution < -0.4 is 21.2 Å². The van der Waals surface area contributed by atoms with Gasteiger partial charge in [-0.2, -0.15) is 4.98 Å². The molecule has 1 aromatic carbocycles. The standard InChI is InChI=1S/C32H32F2N8O2/c1-5-23(43)40-13-14-41(28-17(4)27(28)40)30-18-15-20(34)26-24-19(33)7-6-8-21(24)35-11-12-36-22-9-10-37-25(16(2)3)29(22)42(31(18)38-26)32(44)39-30/h5-10,15-17,27-28,35-36H,1,11-14H2,2-4H3/t17-,27+,28-/m0/s1. The second-order valence-electron chi connectivity index (χ2n) is 11.8. The van der Waals surface area contributed by atoms with Crippen LogP contribution in [-0.2, 0) is 4.79 Å². The van der Waals surface area contributed by atoms with Crippen molar-refractivity contribution >= 4 is 34.1 Å². The highest BCUT2D eigenvalue weighted by molar-refractivity contribution is 5.93. The Kier molecular flexibility index (Phi) is 6.60. The maximum absolute atomic E-state index is 16.2. The predicted octanol–water partition coefficient (Wildman–Crippen LogP) is 4.30. The molecule has 4 aromatic rings. The summed E-state index contributed by atoms with van der Waals surface area (Å²) >= 11 is 0.